The van der Waals surface area contributed by atoms with Crippen molar-refractivity contribution in [3.8, 4) is 0 Å². The second-order valence-electron chi connectivity index (χ2n) is 2.08. The molecule has 0 spiro atoms. The quantitative estimate of drug-likeness (QED) is 0.521. The van der Waals surface area contributed by atoms with Crippen molar-refractivity contribution in [2.75, 3.05) is 11.9 Å². The number of hydrogen-bond donors (Lipinski definition) is 0. The molecule has 0 rings (SSSR count). The van der Waals surface area contributed by atoms with Gasteiger partial charge in [-0.3, -0.25) is 9.59 Å². The number of Topliss-reactive ketones (excluding diaryl/α,β-unsaturated/α-hetero) is 1. The Hall–Kier alpha value is -0.380. The van der Waals surface area contributed by atoms with Crippen LogP contribution in [0.3, 0.4) is 0 Å². The van der Waals surface area contributed by atoms with E-state index in [1.807, 2.05) is 6.92 Å². The standard InChI is InChI=1S/C7H11BrO3/c1-2-3-7(10)11-5-6(9)4-8/h2-5H2,1H3. The van der Waals surface area contributed by atoms with Gasteiger partial charge in [0.05, 0.1) is 5.33 Å². The highest BCUT2D eigenvalue weighted by Gasteiger charge is 2.04. The topological polar surface area (TPSA) is 43.4 Å². The zero-order valence-electron chi connectivity index (χ0n) is 6.43. The van der Waals surface area contributed by atoms with Crippen LogP contribution in [0, 0.1) is 0 Å². The van der Waals surface area contributed by atoms with Gasteiger partial charge in [-0.25, -0.2) is 0 Å². The fourth-order valence-electron chi connectivity index (χ4n) is 0.476. The van der Waals surface area contributed by atoms with E-state index in [1.165, 1.54) is 0 Å². The largest absolute Gasteiger partial charge is 0.458 e. The van der Waals surface area contributed by atoms with E-state index in [0.29, 0.717) is 6.42 Å². The van der Waals surface area contributed by atoms with Gasteiger partial charge >= 0.3 is 5.97 Å². The number of ether oxygens (including phenoxy) is 1. The van der Waals surface area contributed by atoms with Crippen molar-refractivity contribution in [1.29, 1.82) is 0 Å². The minimum absolute atomic E-state index is 0.107. The van der Waals surface area contributed by atoms with E-state index in [0.717, 1.165) is 6.42 Å². The van der Waals surface area contributed by atoms with Crippen molar-refractivity contribution >= 4 is 27.7 Å². The molecule has 0 atom stereocenters. The van der Waals surface area contributed by atoms with Crippen molar-refractivity contribution in [2.24, 2.45) is 0 Å². The molecule has 0 aromatic rings. The summed E-state index contributed by atoms with van der Waals surface area (Å²) in [5.74, 6) is -0.420. The SMILES string of the molecule is CCCC(=O)OCC(=O)CBr. The summed E-state index contributed by atoms with van der Waals surface area (Å²) < 4.78 is 4.62. The van der Waals surface area contributed by atoms with Crippen molar-refractivity contribution < 1.29 is 14.3 Å². The number of halogens is 1. The molecule has 0 amide bonds. The van der Waals surface area contributed by atoms with Crippen molar-refractivity contribution in [3.05, 3.63) is 0 Å². The lowest BCUT2D eigenvalue weighted by molar-refractivity contribution is -0.147. The predicted molar refractivity (Wildman–Crippen MR) is 44.7 cm³/mol. The maximum absolute atomic E-state index is 10.7. The molecule has 0 aliphatic heterocycles. The van der Waals surface area contributed by atoms with E-state index >= 15 is 0 Å². The van der Waals surface area contributed by atoms with E-state index in [-0.39, 0.29) is 23.7 Å². The van der Waals surface area contributed by atoms with Crippen LogP contribution in [-0.4, -0.2) is 23.7 Å². The minimum Gasteiger partial charge on any atom is -0.458 e. The van der Waals surface area contributed by atoms with Crippen LogP contribution >= 0.6 is 15.9 Å². The Morgan fingerprint density at radius 2 is 2.09 bits per heavy atom. The van der Waals surface area contributed by atoms with Gasteiger partial charge in [0.25, 0.3) is 0 Å². The van der Waals surface area contributed by atoms with Crippen LogP contribution in [0.25, 0.3) is 0 Å². The summed E-state index contributed by atoms with van der Waals surface area (Å²) in [6, 6.07) is 0. The van der Waals surface area contributed by atoms with Gasteiger partial charge in [-0.05, 0) is 6.42 Å². The van der Waals surface area contributed by atoms with Crippen LogP contribution in [0.4, 0.5) is 0 Å². The molecule has 0 N–H and O–H groups in total. The molecular formula is C7H11BrO3. The highest BCUT2D eigenvalue weighted by atomic mass is 79.9. The molecule has 0 aromatic carbocycles. The minimum atomic E-state index is -0.304. The normalized spacial score (nSPS) is 9.27. The molecule has 0 saturated heterocycles. The molecule has 11 heavy (non-hydrogen) atoms. The van der Waals surface area contributed by atoms with Crippen LogP contribution in [0.1, 0.15) is 19.8 Å². The van der Waals surface area contributed by atoms with E-state index in [9.17, 15) is 9.59 Å². The van der Waals surface area contributed by atoms with E-state index < -0.39 is 0 Å². The van der Waals surface area contributed by atoms with Crippen molar-refractivity contribution in [1.82, 2.24) is 0 Å². The molecule has 0 bridgehead atoms. The number of carbonyl (C=O) groups excluding carboxylic acids is 2. The third-order valence-corrected chi connectivity index (χ3v) is 1.62. The van der Waals surface area contributed by atoms with Crippen LogP contribution in [0.2, 0.25) is 0 Å². The number of esters is 1. The van der Waals surface area contributed by atoms with Gasteiger partial charge in [-0.2, -0.15) is 0 Å². The highest BCUT2D eigenvalue weighted by Crippen LogP contribution is 1.92. The number of carbonyl (C=O) groups is 2. The molecule has 0 saturated carbocycles. The Kier molecular flexibility index (Phi) is 6.12. The lowest BCUT2D eigenvalue weighted by Crippen LogP contribution is -2.14. The zero-order valence-corrected chi connectivity index (χ0v) is 8.02. The summed E-state index contributed by atoms with van der Waals surface area (Å²) >= 11 is 2.96. The molecule has 0 unspecified atom stereocenters. The first-order valence-corrected chi connectivity index (χ1v) is 4.56. The van der Waals surface area contributed by atoms with Crippen molar-refractivity contribution in [3.63, 3.8) is 0 Å². The summed E-state index contributed by atoms with van der Waals surface area (Å²) in [4.78, 5) is 21.3. The second-order valence-corrected chi connectivity index (χ2v) is 2.64. The van der Waals surface area contributed by atoms with Gasteiger partial charge in [0, 0.05) is 6.42 Å². The van der Waals surface area contributed by atoms with Crippen LogP contribution in [0.15, 0.2) is 0 Å². The fraction of sp³-hybridized carbons (Fsp3) is 0.714. The summed E-state index contributed by atoms with van der Waals surface area (Å²) in [6.07, 6.45) is 1.14. The average Bonchev–Trinajstić information content (AvgIpc) is 2.01. The summed E-state index contributed by atoms with van der Waals surface area (Å²) in [5.41, 5.74) is 0. The monoisotopic (exact) mass is 222 g/mol. The summed E-state index contributed by atoms with van der Waals surface area (Å²) in [5, 5.41) is 0.242. The van der Waals surface area contributed by atoms with Gasteiger partial charge in [-0.15, -0.1) is 0 Å². The molecule has 4 heteroatoms. The van der Waals surface area contributed by atoms with E-state index in [1.54, 1.807) is 0 Å². The third-order valence-electron chi connectivity index (χ3n) is 0.997. The maximum Gasteiger partial charge on any atom is 0.306 e. The van der Waals surface area contributed by atoms with Gasteiger partial charge in [-0.1, -0.05) is 22.9 Å². The Bertz CT molecular complexity index is 145. The van der Waals surface area contributed by atoms with Crippen LogP contribution in [0.5, 0.6) is 0 Å². The Labute approximate surface area is 74.2 Å². The zero-order chi connectivity index (χ0) is 8.69. The lowest BCUT2D eigenvalue weighted by Gasteiger charge is -1.99. The van der Waals surface area contributed by atoms with Gasteiger partial charge in [0.1, 0.15) is 0 Å². The predicted octanol–water partition coefficient (Wildman–Crippen LogP) is 1.29. The van der Waals surface area contributed by atoms with Crippen LogP contribution < -0.4 is 0 Å². The molecule has 0 heterocycles. The molecular weight excluding hydrogens is 212 g/mol. The Morgan fingerprint density at radius 3 is 2.55 bits per heavy atom. The summed E-state index contributed by atoms with van der Waals surface area (Å²) in [6.45, 7) is 1.78. The third kappa shape index (κ3) is 6.04. The Morgan fingerprint density at radius 1 is 1.45 bits per heavy atom. The Balaban J connectivity index is 3.38. The number of ketones is 1. The number of hydrogen-bond acceptors (Lipinski definition) is 3. The molecule has 0 aliphatic rings. The van der Waals surface area contributed by atoms with Gasteiger partial charge in [0.15, 0.2) is 12.4 Å². The first-order chi connectivity index (χ1) is 5.20. The fourth-order valence-corrected chi connectivity index (χ4v) is 0.638. The second kappa shape index (κ2) is 6.34. The van der Waals surface area contributed by atoms with Gasteiger partial charge < -0.3 is 4.74 Å². The van der Waals surface area contributed by atoms with Gasteiger partial charge in [0.2, 0.25) is 0 Å². The average molecular weight is 223 g/mol. The highest BCUT2D eigenvalue weighted by molar-refractivity contribution is 9.09. The molecule has 0 aromatic heterocycles. The smallest absolute Gasteiger partial charge is 0.306 e. The lowest BCUT2D eigenvalue weighted by atomic mass is 10.3. The molecule has 0 fully saturated rings. The number of alkyl halides is 1. The molecule has 3 nitrogen and oxygen atoms in total. The first kappa shape index (κ1) is 10.6. The summed E-state index contributed by atoms with van der Waals surface area (Å²) in [7, 11) is 0. The first-order valence-electron chi connectivity index (χ1n) is 3.44. The maximum atomic E-state index is 10.7. The molecule has 0 radical (unpaired) electrons. The molecule has 64 valence electrons. The van der Waals surface area contributed by atoms with E-state index in [2.05, 4.69) is 20.7 Å². The van der Waals surface area contributed by atoms with E-state index in [4.69, 9.17) is 0 Å². The molecule has 0 aliphatic carbocycles. The number of rotatable bonds is 5. The van der Waals surface area contributed by atoms with Crippen molar-refractivity contribution in [2.45, 2.75) is 19.8 Å². The van der Waals surface area contributed by atoms with Crippen LogP contribution in [-0.2, 0) is 14.3 Å².